The fourth-order valence-corrected chi connectivity index (χ4v) is 0.982. The summed E-state index contributed by atoms with van der Waals surface area (Å²) in [5, 5.41) is 9.16. The van der Waals surface area contributed by atoms with Gasteiger partial charge in [0.05, 0.1) is 11.3 Å². The smallest absolute Gasteiger partial charge is 0.284 e. The Labute approximate surface area is 78.4 Å². The molecule has 1 rings (SSSR count). The third-order valence-electron chi connectivity index (χ3n) is 1.65. The number of pyridine rings is 1. The van der Waals surface area contributed by atoms with E-state index in [-0.39, 0.29) is 24.1 Å². The van der Waals surface area contributed by atoms with Crippen LogP contribution in [0.15, 0.2) is 6.07 Å². The molecule has 0 radical (unpaired) electrons. The van der Waals surface area contributed by atoms with Crippen LogP contribution in [-0.2, 0) is 6.54 Å². The van der Waals surface area contributed by atoms with Gasteiger partial charge in [-0.05, 0) is 6.07 Å². The number of aromatic nitrogens is 1. The summed E-state index contributed by atoms with van der Waals surface area (Å²) in [7, 11) is 0. The Bertz CT molecular complexity index is 355. The van der Waals surface area contributed by atoms with Crippen LogP contribution in [0.3, 0.4) is 0 Å². The lowest BCUT2D eigenvalue weighted by molar-refractivity contribution is 0.111. The van der Waals surface area contributed by atoms with E-state index in [1.165, 1.54) is 6.07 Å². The van der Waals surface area contributed by atoms with E-state index in [9.17, 15) is 13.6 Å². The van der Waals surface area contributed by atoms with Gasteiger partial charge in [0, 0.05) is 6.54 Å². The summed E-state index contributed by atoms with van der Waals surface area (Å²) < 4.78 is 24.6. The van der Waals surface area contributed by atoms with Crippen LogP contribution in [0, 0.1) is 0 Å². The number of aldehydes is 1. The van der Waals surface area contributed by atoms with Gasteiger partial charge in [0.25, 0.3) is 6.43 Å². The Hall–Kier alpha value is -1.56. The van der Waals surface area contributed by atoms with Crippen LogP contribution in [0.2, 0.25) is 0 Å². The Kier molecular flexibility index (Phi) is 3.08. The minimum atomic E-state index is -2.93. The first-order valence-electron chi connectivity index (χ1n) is 3.76. The highest BCUT2D eigenvalue weighted by atomic mass is 19.3. The summed E-state index contributed by atoms with van der Waals surface area (Å²) >= 11 is 0. The minimum Gasteiger partial charge on any atom is -0.505 e. The molecule has 0 amide bonds. The molecule has 0 spiro atoms. The Morgan fingerprint density at radius 3 is 2.71 bits per heavy atom. The molecule has 6 heteroatoms. The molecule has 0 saturated carbocycles. The molecule has 1 heterocycles. The van der Waals surface area contributed by atoms with Crippen molar-refractivity contribution in [2.75, 3.05) is 0 Å². The number of hydrogen-bond donors (Lipinski definition) is 2. The van der Waals surface area contributed by atoms with E-state index < -0.39 is 17.9 Å². The molecule has 3 N–H and O–H groups in total. The quantitative estimate of drug-likeness (QED) is 0.717. The maximum atomic E-state index is 12.3. The molecule has 1 aromatic heterocycles. The number of nitrogens with two attached hydrogens (primary N) is 1. The van der Waals surface area contributed by atoms with E-state index in [1.54, 1.807) is 0 Å². The lowest BCUT2D eigenvalue weighted by Gasteiger charge is -2.06. The molecule has 1 aromatic rings. The fraction of sp³-hybridized carbons (Fsp3) is 0.250. The highest BCUT2D eigenvalue weighted by molar-refractivity contribution is 5.79. The van der Waals surface area contributed by atoms with Crippen LogP contribution in [-0.4, -0.2) is 16.4 Å². The van der Waals surface area contributed by atoms with Crippen molar-refractivity contribution in [3.63, 3.8) is 0 Å². The van der Waals surface area contributed by atoms with Gasteiger partial charge in [0.1, 0.15) is 5.69 Å². The molecule has 0 atom stereocenters. The first kappa shape index (κ1) is 10.5. The second kappa shape index (κ2) is 4.10. The van der Waals surface area contributed by atoms with Gasteiger partial charge < -0.3 is 10.8 Å². The molecular formula is C8H8F2N2O2. The Morgan fingerprint density at radius 2 is 2.29 bits per heavy atom. The third kappa shape index (κ3) is 1.85. The highest BCUT2D eigenvalue weighted by Gasteiger charge is 2.18. The van der Waals surface area contributed by atoms with Crippen LogP contribution in [0.5, 0.6) is 5.75 Å². The number of rotatable bonds is 3. The summed E-state index contributed by atoms with van der Waals surface area (Å²) in [5.74, 6) is -0.785. The first-order valence-corrected chi connectivity index (χ1v) is 3.76. The van der Waals surface area contributed by atoms with Crippen molar-refractivity contribution >= 4 is 6.29 Å². The molecule has 0 unspecified atom stereocenters. The molecule has 4 nitrogen and oxygen atoms in total. The van der Waals surface area contributed by atoms with Crippen molar-refractivity contribution in [2.24, 2.45) is 5.73 Å². The van der Waals surface area contributed by atoms with Crippen LogP contribution in [0.25, 0.3) is 0 Å². The Balaban J connectivity index is 3.34. The van der Waals surface area contributed by atoms with E-state index in [4.69, 9.17) is 10.8 Å². The second-order valence-corrected chi connectivity index (χ2v) is 2.56. The predicted octanol–water partition coefficient (Wildman–Crippen LogP) is 0.996. The number of aromatic hydroxyl groups is 1. The maximum absolute atomic E-state index is 12.3. The topological polar surface area (TPSA) is 76.2 Å². The summed E-state index contributed by atoms with van der Waals surface area (Å²) in [6.07, 6.45) is -2.65. The Morgan fingerprint density at radius 1 is 1.64 bits per heavy atom. The van der Waals surface area contributed by atoms with Gasteiger partial charge in [-0.3, -0.25) is 4.79 Å². The summed E-state index contributed by atoms with van der Waals surface area (Å²) in [6, 6.07) is 1.17. The van der Waals surface area contributed by atoms with Crippen molar-refractivity contribution in [1.29, 1.82) is 0 Å². The van der Waals surface area contributed by atoms with Crippen molar-refractivity contribution in [3.05, 3.63) is 23.0 Å². The average Bonchev–Trinajstić information content (AvgIpc) is 2.17. The van der Waals surface area contributed by atoms with Crippen molar-refractivity contribution in [2.45, 2.75) is 13.0 Å². The van der Waals surface area contributed by atoms with E-state index in [2.05, 4.69) is 4.98 Å². The van der Waals surface area contributed by atoms with Gasteiger partial charge in [-0.2, -0.15) is 0 Å². The van der Waals surface area contributed by atoms with Gasteiger partial charge in [0.15, 0.2) is 12.0 Å². The molecule has 0 saturated heterocycles. The molecule has 0 bridgehead atoms. The molecule has 0 fully saturated rings. The van der Waals surface area contributed by atoms with Crippen LogP contribution in [0.1, 0.15) is 28.2 Å². The van der Waals surface area contributed by atoms with E-state index in [1.807, 2.05) is 0 Å². The number of carbonyl (C=O) groups is 1. The lowest BCUT2D eigenvalue weighted by Crippen LogP contribution is -2.04. The molecule has 0 aliphatic heterocycles. The van der Waals surface area contributed by atoms with E-state index >= 15 is 0 Å². The maximum Gasteiger partial charge on any atom is 0.284 e. The summed E-state index contributed by atoms with van der Waals surface area (Å²) in [6.45, 7) is -0.0686. The zero-order valence-corrected chi connectivity index (χ0v) is 7.08. The zero-order chi connectivity index (χ0) is 10.7. The monoisotopic (exact) mass is 202 g/mol. The number of hydrogen-bond acceptors (Lipinski definition) is 4. The van der Waals surface area contributed by atoms with Gasteiger partial charge in [-0.25, -0.2) is 13.8 Å². The van der Waals surface area contributed by atoms with E-state index in [0.717, 1.165) is 0 Å². The number of alkyl halides is 2. The van der Waals surface area contributed by atoms with Gasteiger partial charge >= 0.3 is 0 Å². The lowest BCUT2D eigenvalue weighted by atomic mass is 10.2. The largest absolute Gasteiger partial charge is 0.505 e. The van der Waals surface area contributed by atoms with Gasteiger partial charge in [0.2, 0.25) is 0 Å². The zero-order valence-electron chi connectivity index (χ0n) is 7.08. The molecule has 0 aliphatic carbocycles. The van der Waals surface area contributed by atoms with Crippen molar-refractivity contribution in [1.82, 2.24) is 4.98 Å². The van der Waals surface area contributed by atoms with Gasteiger partial charge in [-0.1, -0.05) is 0 Å². The fourth-order valence-electron chi connectivity index (χ4n) is 0.982. The normalized spacial score (nSPS) is 10.6. The number of carbonyl (C=O) groups excluding carboxylic acids is 1. The number of halogens is 2. The standard InChI is InChI=1S/C8H8F2N2O2/c9-8(10)6-7(14)4(3-13)1-5(2-11)12-6/h1,3,8,14H,2,11H2. The highest BCUT2D eigenvalue weighted by Crippen LogP contribution is 2.28. The third-order valence-corrected chi connectivity index (χ3v) is 1.65. The minimum absolute atomic E-state index is 0.0686. The van der Waals surface area contributed by atoms with Gasteiger partial charge in [-0.15, -0.1) is 0 Å². The second-order valence-electron chi connectivity index (χ2n) is 2.56. The summed E-state index contributed by atoms with van der Waals surface area (Å²) in [4.78, 5) is 13.8. The van der Waals surface area contributed by atoms with E-state index in [0.29, 0.717) is 0 Å². The molecule has 76 valence electrons. The SMILES string of the molecule is NCc1cc(C=O)c(O)c(C(F)F)n1. The molecular weight excluding hydrogens is 194 g/mol. The van der Waals surface area contributed by atoms with Crippen LogP contribution < -0.4 is 5.73 Å². The summed E-state index contributed by atoms with van der Waals surface area (Å²) in [5.41, 5.74) is 4.29. The van der Waals surface area contributed by atoms with Crippen molar-refractivity contribution < 1.29 is 18.7 Å². The number of nitrogens with zero attached hydrogens (tertiary/aromatic N) is 1. The predicted molar refractivity (Wildman–Crippen MR) is 44.1 cm³/mol. The molecule has 14 heavy (non-hydrogen) atoms. The van der Waals surface area contributed by atoms with Crippen LogP contribution in [0.4, 0.5) is 8.78 Å². The van der Waals surface area contributed by atoms with Crippen LogP contribution >= 0.6 is 0 Å². The molecule has 0 aromatic carbocycles. The van der Waals surface area contributed by atoms with Crippen molar-refractivity contribution in [3.8, 4) is 5.75 Å². The average molecular weight is 202 g/mol. The molecule has 0 aliphatic rings. The first-order chi connectivity index (χ1) is 6.60.